The lowest BCUT2D eigenvalue weighted by Crippen LogP contribution is -2.47. The van der Waals surface area contributed by atoms with Crippen LogP contribution in [0.2, 0.25) is 0 Å². The van der Waals surface area contributed by atoms with E-state index in [0.717, 1.165) is 0 Å². The molecule has 0 aromatic carbocycles. The molecule has 17 heavy (non-hydrogen) atoms. The number of hydrogen-bond acceptors (Lipinski definition) is 5. The standard InChI is InChI=1S/C9H18N2O5S/c12-4-2-11(3-5-13)9(14)10-8-1-6-17(15,16)7-8/h8,12-13H,1-7H2,(H,10,14)/t8-/m0/s1. The number of urea groups is 1. The van der Waals surface area contributed by atoms with Gasteiger partial charge in [-0.3, -0.25) is 0 Å². The molecule has 0 bridgehead atoms. The van der Waals surface area contributed by atoms with E-state index in [-0.39, 0.29) is 43.9 Å². The zero-order valence-electron chi connectivity index (χ0n) is 9.50. The summed E-state index contributed by atoms with van der Waals surface area (Å²) < 4.78 is 22.4. The van der Waals surface area contributed by atoms with Gasteiger partial charge in [0.05, 0.1) is 24.7 Å². The molecule has 0 aromatic heterocycles. The first kappa shape index (κ1) is 14.2. The molecule has 8 heteroatoms. The molecule has 0 saturated carbocycles. The van der Waals surface area contributed by atoms with E-state index in [2.05, 4.69) is 5.32 Å². The molecule has 1 heterocycles. The number of aliphatic hydroxyl groups is 2. The van der Waals surface area contributed by atoms with Gasteiger partial charge in [-0.05, 0) is 6.42 Å². The molecule has 7 nitrogen and oxygen atoms in total. The third-order valence-electron chi connectivity index (χ3n) is 2.59. The first-order valence-corrected chi connectivity index (χ1v) is 7.28. The second-order valence-corrected chi connectivity index (χ2v) is 6.21. The van der Waals surface area contributed by atoms with Crippen molar-refractivity contribution in [3.05, 3.63) is 0 Å². The first-order valence-electron chi connectivity index (χ1n) is 5.46. The van der Waals surface area contributed by atoms with E-state index in [1.54, 1.807) is 0 Å². The molecule has 0 aromatic rings. The Kier molecular flexibility index (Phi) is 5.16. The Morgan fingerprint density at radius 3 is 2.29 bits per heavy atom. The summed E-state index contributed by atoms with van der Waals surface area (Å²) in [7, 11) is -3.02. The third-order valence-corrected chi connectivity index (χ3v) is 4.36. The van der Waals surface area contributed by atoms with Crippen LogP contribution in [0.4, 0.5) is 4.79 Å². The summed E-state index contributed by atoms with van der Waals surface area (Å²) in [5.74, 6) is 0.0583. The number of nitrogens with zero attached hydrogens (tertiary/aromatic N) is 1. The summed E-state index contributed by atoms with van der Waals surface area (Å²) >= 11 is 0. The van der Waals surface area contributed by atoms with Gasteiger partial charge >= 0.3 is 6.03 Å². The average molecular weight is 266 g/mol. The molecule has 0 radical (unpaired) electrons. The van der Waals surface area contributed by atoms with Crippen LogP contribution in [-0.2, 0) is 9.84 Å². The molecule has 0 spiro atoms. The smallest absolute Gasteiger partial charge is 0.317 e. The summed E-state index contributed by atoms with van der Waals surface area (Å²) in [6, 6.07) is -0.817. The molecule has 1 aliphatic heterocycles. The monoisotopic (exact) mass is 266 g/mol. The van der Waals surface area contributed by atoms with E-state index in [4.69, 9.17) is 10.2 Å². The van der Waals surface area contributed by atoms with Crippen molar-refractivity contribution in [1.82, 2.24) is 10.2 Å². The zero-order chi connectivity index (χ0) is 12.9. The summed E-state index contributed by atoms with van der Waals surface area (Å²) in [6.45, 7) is -0.162. The molecule has 1 atom stereocenters. The predicted octanol–water partition coefficient (Wildman–Crippen LogP) is -1.83. The van der Waals surface area contributed by atoms with Gasteiger partial charge in [0, 0.05) is 19.1 Å². The van der Waals surface area contributed by atoms with E-state index >= 15 is 0 Å². The number of sulfone groups is 1. The van der Waals surface area contributed by atoms with Crippen LogP contribution in [0.1, 0.15) is 6.42 Å². The maximum atomic E-state index is 11.7. The van der Waals surface area contributed by atoms with E-state index < -0.39 is 15.9 Å². The third kappa shape index (κ3) is 4.49. The minimum atomic E-state index is -3.02. The number of carbonyl (C=O) groups excluding carboxylic acids is 1. The summed E-state index contributed by atoms with van der Waals surface area (Å²) in [5, 5.41) is 20.1. The van der Waals surface area contributed by atoms with Crippen molar-refractivity contribution in [2.24, 2.45) is 0 Å². The molecular formula is C9H18N2O5S. The van der Waals surface area contributed by atoms with Crippen molar-refractivity contribution < 1.29 is 23.4 Å². The SMILES string of the molecule is O=C(N[C@H]1CCS(=O)(=O)C1)N(CCO)CCO. The van der Waals surface area contributed by atoms with Crippen LogP contribution in [0.3, 0.4) is 0 Å². The Bertz CT molecular complexity index is 350. The zero-order valence-corrected chi connectivity index (χ0v) is 10.3. The van der Waals surface area contributed by atoms with Gasteiger partial charge in [-0.2, -0.15) is 0 Å². The molecule has 0 aliphatic carbocycles. The topological polar surface area (TPSA) is 107 Å². The highest BCUT2D eigenvalue weighted by Gasteiger charge is 2.29. The van der Waals surface area contributed by atoms with Crippen molar-refractivity contribution in [3.63, 3.8) is 0 Å². The molecule has 2 amide bonds. The Labute approximate surface area is 100 Å². The fourth-order valence-electron chi connectivity index (χ4n) is 1.73. The molecule has 100 valence electrons. The van der Waals surface area contributed by atoms with Crippen molar-refractivity contribution in [3.8, 4) is 0 Å². The summed E-state index contributed by atoms with van der Waals surface area (Å²) in [6.07, 6.45) is 0.417. The lowest BCUT2D eigenvalue weighted by Gasteiger charge is -2.23. The van der Waals surface area contributed by atoms with Gasteiger partial charge in [0.1, 0.15) is 0 Å². The van der Waals surface area contributed by atoms with E-state index in [1.807, 2.05) is 0 Å². The van der Waals surface area contributed by atoms with Crippen molar-refractivity contribution in [2.45, 2.75) is 12.5 Å². The molecule has 0 unspecified atom stereocenters. The Hall–Kier alpha value is -0.860. The van der Waals surface area contributed by atoms with Crippen LogP contribution in [0, 0.1) is 0 Å². The van der Waals surface area contributed by atoms with Gasteiger partial charge in [0.25, 0.3) is 0 Å². The van der Waals surface area contributed by atoms with Crippen molar-refractivity contribution in [1.29, 1.82) is 0 Å². The van der Waals surface area contributed by atoms with Crippen LogP contribution in [0.25, 0.3) is 0 Å². The fourth-order valence-corrected chi connectivity index (χ4v) is 3.40. The Balaban J connectivity index is 2.47. The highest BCUT2D eigenvalue weighted by atomic mass is 32.2. The van der Waals surface area contributed by atoms with Gasteiger partial charge in [-0.1, -0.05) is 0 Å². The van der Waals surface area contributed by atoms with Crippen LogP contribution < -0.4 is 5.32 Å². The minimum absolute atomic E-state index is 0.0369. The van der Waals surface area contributed by atoms with Gasteiger partial charge in [-0.15, -0.1) is 0 Å². The lowest BCUT2D eigenvalue weighted by molar-refractivity contribution is 0.156. The van der Waals surface area contributed by atoms with E-state index in [9.17, 15) is 13.2 Å². The second kappa shape index (κ2) is 6.18. The lowest BCUT2D eigenvalue weighted by atomic mass is 10.3. The summed E-state index contributed by atoms with van der Waals surface area (Å²) in [4.78, 5) is 12.9. The number of hydrogen-bond donors (Lipinski definition) is 3. The molecule has 1 fully saturated rings. The van der Waals surface area contributed by atoms with Crippen LogP contribution >= 0.6 is 0 Å². The summed E-state index contributed by atoms with van der Waals surface area (Å²) in [5.41, 5.74) is 0. The van der Waals surface area contributed by atoms with Gasteiger partial charge in [-0.25, -0.2) is 13.2 Å². The Morgan fingerprint density at radius 1 is 1.29 bits per heavy atom. The molecule has 3 N–H and O–H groups in total. The Morgan fingerprint density at radius 2 is 1.88 bits per heavy atom. The minimum Gasteiger partial charge on any atom is -0.395 e. The van der Waals surface area contributed by atoms with E-state index in [1.165, 1.54) is 4.90 Å². The average Bonchev–Trinajstić information content (AvgIpc) is 2.57. The number of aliphatic hydroxyl groups excluding tert-OH is 2. The van der Waals surface area contributed by atoms with Crippen LogP contribution in [-0.4, -0.2) is 73.4 Å². The molecule has 1 rings (SSSR count). The maximum Gasteiger partial charge on any atom is 0.317 e. The second-order valence-electron chi connectivity index (χ2n) is 3.98. The van der Waals surface area contributed by atoms with Gasteiger partial charge in [0.15, 0.2) is 9.84 Å². The van der Waals surface area contributed by atoms with Crippen LogP contribution in [0.5, 0.6) is 0 Å². The quantitative estimate of drug-likeness (QED) is 0.542. The molecule has 1 saturated heterocycles. The molecular weight excluding hydrogens is 248 g/mol. The van der Waals surface area contributed by atoms with Crippen molar-refractivity contribution >= 4 is 15.9 Å². The maximum absolute atomic E-state index is 11.7. The number of rotatable bonds is 5. The normalized spacial score (nSPS) is 22.4. The largest absolute Gasteiger partial charge is 0.395 e. The predicted molar refractivity (Wildman–Crippen MR) is 61.3 cm³/mol. The highest BCUT2D eigenvalue weighted by Crippen LogP contribution is 2.11. The fraction of sp³-hybridized carbons (Fsp3) is 0.889. The van der Waals surface area contributed by atoms with Crippen LogP contribution in [0.15, 0.2) is 0 Å². The number of carbonyl (C=O) groups is 1. The van der Waals surface area contributed by atoms with E-state index in [0.29, 0.717) is 6.42 Å². The van der Waals surface area contributed by atoms with Gasteiger partial charge in [0.2, 0.25) is 0 Å². The van der Waals surface area contributed by atoms with Gasteiger partial charge < -0.3 is 20.4 Å². The number of nitrogens with one attached hydrogen (secondary N) is 1. The highest BCUT2D eigenvalue weighted by molar-refractivity contribution is 7.91. The number of amides is 2. The molecule has 1 aliphatic rings. The first-order chi connectivity index (χ1) is 7.98. The van der Waals surface area contributed by atoms with Crippen molar-refractivity contribution in [2.75, 3.05) is 37.8 Å².